The summed E-state index contributed by atoms with van der Waals surface area (Å²) in [7, 11) is -0.538. The van der Waals surface area contributed by atoms with Crippen molar-refractivity contribution in [3.63, 3.8) is 0 Å². The number of likely N-dealkylation sites (N-methyl/N-ethyl adjacent to an activating group) is 1. The third-order valence-electron chi connectivity index (χ3n) is 8.99. The van der Waals surface area contributed by atoms with E-state index in [9.17, 15) is 0 Å². The lowest BCUT2D eigenvalue weighted by molar-refractivity contribution is 0.176. The molecule has 0 radical (unpaired) electrons. The number of nitrogens with zero attached hydrogens (tertiary/aromatic N) is 2. The number of anilines is 1. The van der Waals surface area contributed by atoms with Crippen LogP contribution in [0.3, 0.4) is 0 Å². The summed E-state index contributed by atoms with van der Waals surface area (Å²) >= 11 is 0. The quantitative estimate of drug-likeness (QED) is 0.240. The molecule has 1 saturated heterocycles. The highest BCUT2D eigenvalue weighted by molar-refractivity contribution is 7.65. The predicted octanol–water partition coefficient (Wildman–Crippen LogP) is 8.33. The van der Waals surface area contributed by atoms with Crippen LogP contribution in [0.2, 0.25) is 0 Å². The standard InChI is InChI=1S/C34H39N2OP/c1-35(29-18-10-5-11-19-29)31-20-12-13-21-32(31)36-34(28-16-8-4-9-17-28)30-23-22-27(25-33(30)38(36,2)37)24-26-14-6-3-7-15-26/h3-11,14-19,22-23,25,27,30-32,34H,12-13,20-21,24H2,1-2H3/t27?,30-,31-,32-,34+,38+/m0/s1. The minimum Gasteiger partial charge on any atom is -0.370 e. The van der Waals surface area contributed by atoms with Gasteiger partial charge in [-0.1, -0.05) is 110 Å². The molecule has 0 bridgehead atoms. The molecule has 196 valence electrons. The zero-order valence-corrected chi connectivity index (χ0v) is 23.5. The Labute approximate surface area is 228 Å². The lowest BCUT2D eigenvalue weighted by atomic mass is 9.83. The third-order valence-corrected chi connectivity index (χ3v) is 11.8. The van der Waals surface area contributed by atoms with Gasteiger partial charge < -0.3 is 9.46 Å². The van der Waals surface area contributed by atoms with E-state index in [4.69, 9.17) is 0 Å². The zero-order chi connectivity index (χ0) is 26.1. The van der Waals surface area contributed by atoms with E-state index in [1.54, 1.807) is 0 Å². The fraction of sp³-hybridized carbons (Fsp3) is 0.353. The Balaban J connectivity index is 1.40. The molecule has 6 rings (SSSR count). The van der Waals surface area contributed by atoms with E-state index in [2.05, 4.69) is 133 Å². The van der Waals surface area contributed by atoms with Crippen LogP contribution < -0.4 is 4.90 Å². The third kappa shape index (κ3) is 4.72. The van der Waals surface area contributed by atoms with Crippen molar-refractivity contribution in [3.8, 4) is 0 Å². The van der Waals surface area contributed by atoms with E-state index in [1.807, 2.05) is 0 Å². The second-order valence-electron chi connectivity index (χ2n) is 11.3. The minimum absolute atomic E-state index is 0.0991. The number of allylic oxidation sites excluding steroid dienone is 2. The van der Waals surface area contributed by atoms with Crippen LogP contribution in [0.25, 0.3) is 0 Å². The van der Waals surface area contributed by atoms with Crippen LogP contribution in [-0.2, 0) is 11.0 Å². The van der Waals surface area contributed by atoms with Gasteiger partial charge in [0.25, 0.3) is 0 Å². The van der Waals surface area contributed by atoms with Gasteiger partial charge in [-0.05, 0) is 48.4 Å². The maximum absolute atomic E-state index is 15.1. The first kappa shape index (κ1) is 25.4. The lowest BCUT2D eigenvalue weighted by Crippen LogP contribution is -2.51. The highest BCUT2D eigenvalue weighted by Gasteiger charge is 2.54. The predicted molar refractivity (Wildman–Crippen MR) is 160 cm³/mol. The molecule has 1 saturated carbocycles. The molecular weight excluding hydrogens is 483 g/mol. The van der Waals surface area contributed by atoms with E-state index < -0.39 is 7.29 Å². The van der Waals surface area contributed by atoms with Gasteiger partial charge >= 0.3 is 0 Å². The smallest absolute Gasteiger partial charge is 0.173 e. The molecule has 1 aliphatic heterocycles. The van der Waals surface area contributed by atoms with E-state index in [-0.39, 0.29) is 23.9 Å². The molecular formula is C34H39N2OP. The number of fused-ring (bicyclic) bond motifs is 1. The first-order valence-corrected chi connectivity index (χ1v) is 16.3. The van der Waals surface area contributed by atoms with Crippen LogP contribution >= 0.6 is 7.29 Å². The van der Waals surface area contributed by atoms with Gasteiger partial charge in [-0.3, -0.25) is 0 Å². The first-order chi connectivity index (χ1) is 18.5. The molecule has 0 amide bonds. The number of para-hydroxylation sites is 1. The van der Waals surface area contributed by atoms with Crippen LogP contribution in [0.15, 0.2) is 115 Å². The Kier molecular flexibility index (Phi) is 7.16. The van der Waals surface area contributed by atoms with Crippen LogP contribution in [0.4, 0.5) is 5.69 Å². The van der Waals surface area contributed by atoms with Gasteiger partial charge in [0, 0.05) is 42.7 Å². The Morgan fingerprint density at radius 3 is 2.18 bits per heavy atom. The molecule has 1 heterocycles. The summed E-state index contributed by atoms with van der Waals surface area (Å²) in [5, 5.41) is 1.17. The SMILES string of the molecule is CN(c1ccccc1)[C@H]1CCCC[C@@H]1N1[C@H](c2ccccc2)[C@H]2C=CC(Cc3ccccc3)C=C2[P@@]1(C)=O. The summed E-state index contributed by atoms with van der Waals surface area (Å²) < 4.78 is 17.6. The van der Waals surface area contributed by atoms with Crippen LogP contribution in [0.1, 0.15) is 42.9 Å². The van der Waals surface area contributed by atoms with Gasteiger partial charge in [-0.25, -0.2) is 4.67 Å². The van der Waals surface area contributed by atoms with E-state index in [1.165, 1.54) is 35.0 Å². The number of rotatable bonds is 6. The van der Waals surface area contributed by atoms with Crippen LogP contribution in [0.5, 0.6) is 0 Å². The molecule has 3 nitrogen and oxygen atoms in total. The van der Waals surface area contributed by atoms with Crippen molar-refractivity contribution in [3.05, 3.63) is 126 Å². The Morgan fingerprint density at radius 1 is 0.842 bits per heavy atom. The van der Waals surface area contributed by atoms with Crippen molar-refractivity contribution in [2.75, 3.05) is 18.6 Å². The zero-order valence-electron chi connectivity index (χ0n) is 22.6. The number of hydrogen-bond acceptors (Lipinski definition) is 2. The molecule has 2 aliphatic carbocycles. The highest BCUT2D eigenvalue weighted by Crippen LogP contribution is 2.71. The molecule has 3 aliphatic rings. The van der Waals surface area contributed by atoms with Crippen LogP contribution in [-0.4, -0.2) is 30.5 Å². The summed E-state index contributed by atoms with van der Waals surface area (Å²) in [6, 6.07) is 32.9. The van der Waals surface area contributed by atoms with E-state index in [0.29, 0.717) is 6.04 Å². The molecule has 0 N–H and O–H groups in total. The van der Waals surface area contributed by atoms with E-state index in [0.717, 1.165) is 19.3 Å². The summed E-state index contributed by atoms with van der Waals surface area (Å²) in [6.45, 7) is 2.06. The van der Waals surface area contributed by atoms with Gasteiger partial charge in [-0.15, -0.1) is 0 Å². The van der Waals surface area contributed by atoms with Gasteiger partial charge in [0.15, 0.2) is 7.29 Å². The fourth-order valence-corrected chi connectivity index (χ4v) is 10.3. The monoisotopic (exact) mass is 522 g/mol. The summed E-state index contributed by atoms with van der Waals surface area (Å²) in [6.07, 6.45) is 12.7. The largest absolute Gasteiger partial charge is 0.370 e. The molecule has 2 fully saturated rings. The second-order valence-corrected chi connectivity index (χ2v) is 14.1. The van der Waals surface area contributed by atoms with Gasteiger partial charge in [0.05, 0.1) is 6.04 Å². The van der Waals surface area contributed by atoms with Crippen molar-refractivity contribution in [2.24, 2.45) is 11.8 Å². The molecule has 3 aromatic carbocycles. The average molecular weight is 523 g/mol. The maximum atomic E-state index is 15.1. The van der Waals surface area contributed by atoms with E-state index >= 15 is 4.57 Å². The van der Waals surface area contributed by atoms with Gasteiger partial charge in [0.1, 0.15) is 0 Å². The van der Waals surface area contributed by atoms with Crippen molar-refractivity contribution in [1.29, 1.82) is 0 Å². The summed E-state index contributed by atoms with van der Waals surface area (Å²) in [5.74, 6) is 0.437. The molecule has 38 heavy (non-hydrogen) atoms. The Hall–Kier alpha value is -2.87. The van der Waals surface area contributed by atoms with Crippen molar-refractivity contribution < 1.29 is 4.57 Å². The molecule has 0 spiro atoms. The fourth-order valence-electron chi connectivity index (χ4n) is 7.18. The Morgan fingerprint density at radius 2 is 1.47 bits per heavy atom. The van der Waals surface area contributed by atoms with Gasteiger partial charge in [-0.2, -0.15) is 0 Å². The second kappa shape index (κ2) is 10.7. The highest BCUT2D eigenvalue weighted by atomic mass is 31.2. The molecule has 6 atom stereocenters. The average Bonchev–Trinajstić information content (AvgIpc) is 3.20. The molecule has 1 unspecified atom stereocenters. The molecule has 4 heteroatoms. The normalized spacial score (nSPS) is 31.0. The summed E-state index contributed by atoms with van der Waals surface area (Å²) in [5.41, 5.74) is 3.85. The number of hydrogen-bond donors (Lipinski definition) is 0. The maximum Gasteiger partial charge on any atom is 0.173 e. The molecule has 3 aromatic rings. The van der Waals surface area contributed by atoms with Crippen LogP contribution in [0, 0.1) is 11.8 Å². The first-order valence-electron chi connectivity index (χ1n) is 14.2. The van der Waals surface area contributed by atoms with Gasteiger partial charge in [0.2, 0.25) is 0 Å². The Bertz CT molecular complexity index is 1340. The minimum atomic E-state index is -2.77. The molecule has 0 aromatic heterocycles. The van der Waals surface area contributed by atoms with Crippen molar-refractivity contribution in [2.45, 2.75) is 50.2 Å². The number of benzene rings is 3. The lowest BCUT2D eigenvalue weighted by Gasteiger charge is -2.46. The summed E-state index contributed by atoms with van der Waals surface area (Å²) in [4.78, 5) is 2.45. The van der Waals surface area contributed by atoms with Crippen molar-refractivity contribution in [1.82, 2.24) is 4.67 Å². The topological polar surface area (TPSA) is 23.6 Å². The van der Waals surface area contributed by atoms with Crippen molar-refractivity contribution >= 4 is 13.0 Å².